The van der Waals surface area contributed by atoms with Gasteiger partial charge in [-0.05, 0) is 57.0 Å². The van der Waals surface area contributed by atoms with E-state index < -0.39 is 0 Å². The number of fused-ring (bicyclic) bond motifs is 1. The minimum absolute atomic E-state index is 0.0242. The summed E-state index contributed by atoms with van der Waals surface area (Å²) < 4.78 is 1.65. The van der Waals surface area contributed by atoms with Crippen LogP contribution >= 0.6 is 0 Å². The Morgan fingerprint density at radius 3 is 2.59 bits per heavy atom. The Bertz CT molecular complexity index is 912. The molecule has 22 heavy (non-hydrogen) atoms. The minimum Gasteiger partial charge on any atom is -0.290 e. The lowest BCUT2D eigenvalue weighted by Gasteiger charge is -2.16. The van der Waals surface area contributed by atoms with Gasteiger partial charge in [-0.25, -0.2) is 4.98 Å². The van der Waals surface area contributed by atoms with Gasteiger partial charge in [0, 0.05) is 5.69 Å². The van der Waals surface area contributed by atoms with Crippen molar-refractivity contribution in [1.29, 1.82) is 0 Å². The summed E-state index contributed by atoms with van der Waals surface area (Å²) in [6.45, 7) is 7.95. The molecule has 3 rings (SSSR count). The van der Waals surface area contributed by atoms with Gasteiger partial charge in [0.2, 0.25) is 0 Å². The van der Waals surface area contributed by atoms with Crippen LogP contribution in [-0.4, -0.2) is 14.5 Å². The molecule has 0 N–H and O–H groups in total. The lowest BCUT2D eigenvalue weighted by molar-refractivity contribution is 0.591. The van der Waals surface area contributed by atoms with Crippen molar-refractivity contribution < 1.29 is 0 Å². The van der Waals surface area contributed by atoms with Crippen LogP contribution in [0.15, 0.2) is 41.5 Å². The van der Waals surface area contributed by atoms with E-state index in [9.17, 15) is 4.79 Å². The van der Waals surface area contributed by atoms with E-state index >= 15 is 0 Å². The Balaban J connectivity index is 2.18. The lowest BCUT2D eigenvalue weighted by atomic mass is 10.1. The Morgan fingerprint density at radius 1 is 1.09 bits per heavy atom. The predicted molar refractivity (Wildman–Crippen MR) is 88.3 cm³/mol. The summed E-state index contributed by atoms with van der Waals surface area (Å²) in [6.07, 6.45) is 1.63. The van der Waals surface area contributed by atoms with Crippen LogP contribution in [0.4, 0.5) is 0 Å². The first-order chi connectivity index (χ1) is 10.5. The van der Waals surface area contributed by atoms with Crippen LogP contribution in [0.2, 0.25) is 0 Å². The average molecular weight is 293 g/mol. The van der Waals surface area contributed by atoms with E-state index in [1.165, 1.54) is 0 Å². The molecule has 0 aliphatic heterocycles. The maximum absolute atomic E-state index is 12.8. The average Bonchev–Trinajstić information content (AvgIpc) is 2.51. The van der Waals surface area contributed by atoms with Gasteiger partial charge in [-0.3, -0.25) is 14.3 Å². The van der Waals surface area contributed by atoms with Crippen molar-refractivity contribution in [1.82, 2.24) is 14.5 Å². The van der Waals surface area contributed by atoms with Crippen molar-refractivity contribution in [3.63, 3.8) is 0 Å². The first kappa shape index (κ1) is 14.4. The molecule has 4 nitrogen and oxygen atoms in total. The monoisotopic (exact) mass is 293 g/mol. The van der Waals surface area contributed by atoms with Gasteiger partial charge < -0.3 is 0 Å². The molecule has 3 aromatic rings. The van der Waals surface area contributed by atoms with Crippen LogP contribution in [-0.2, 0) is 0 Å². The van der Waals surface area contributed by atoms with Gasteiger partial charge in [0.05, 0.1) is 29.0 Å². The Morgan fingerprint density at radius 2 is 1.86 bits per heavy atom. The number of hydrogen-bond acceptors (Lipinski definition) is 3. The van der Waals surface area contributed by atoms with Crippen molar-refractivity contribution >= 4 is 10.9 Å². The number of hydrogen-bond donors (Lipinski definition) is 0. The van der Waals surface area contributed by atoms with Crippen LogP contribution in [0.3, 0.4) is 0 Å². The summed E-state index contributed by atoms with van der Waals surface area (Å²) in [5, 5.41) is 0.658. The molecule has 0 fully saturated rings. The SMILES string of the molecule is Cc1cccc([C@@H](C)n2cnc3c(C)c(C)ccc3c2=O)n1. The van der Waals surface area contributed by atoms with E-state index in [2.05, 4.69) is 9.97 Å². The number of rotatable bonds is 2. The summed E-state index contributed by atoms with van der Waals surface area (Å²) in [5.74, 6) is 0. The third-order valence-electron chi connectivity index (χ3n) is 4.23. The van der Waals surface area contributed by atoms with Gasteiger partial charge in [0.25, 0.3) is 5.56 Å². The lowest BCUT2D eigenvalue weighted by Crippen LogP contribution is -2.25. The van der Waals surface area contributed by atoms with Gasteiger partial charge in [-0.2, -0.15) is 0 Å². The van der Waals surface area contributed by atoms with Crippen LogP contribution in [0.1, 0.15) is 35.5 Å². The van der Waals surface area contributed by atoms with E-state index in [4.69, 9.17) is 0 Å². The highest BCUT2D eigenvalue weighted by Gasteiger charge is 2.14. The zero-order valence-corrected chi connectivity index (χ0v) is 13.3. The molecule has 0 saturated carbocycles. The van der Waals surface area contributed by atoms with Crippen molar-refractivity contribution in [2.75, 3.05) is 0 Å². The summed E-state index contributed by atoms with van der Waals surface area (Å²) in [6, 6.07) is 9.53. The molecule has 0 unspecified atom stereocenters. The molecular weight excluding hydrogens is 274 g/mol. The zero-order chi connectivity index (χ0) is 15.9. The molecule has 0 aliphatic rings. The highest BCUT2D eigenvalue weighted by molar-refractivity contribution is 5.81. The van der Waals surface area contributed by atoms with Gasteiger partial charge in [-0.1, -0.05) is 12.1 Å². The van der Waals surface area contributed by atoms with Gasteiger partial charge in [0.1, 0.15) is 0 Å². The molecule has 2 heterocycles. The molecule has 112 valence electrons. The largest absolute Gasteiger partial charge is 0.290 e. The van der Waals surface area contributed by atoms with Crippen LogP contribution in [0.5, 0.6) is 0 Å². The van der Waals surface area contributed by atoms with E-state index in [0.29, 0.717) is 5.39 Å². The molecule has 0 aliphatic carbocycles. The van der Waals surface area contributed by atoms with Crippen LogP contribution < -0.4 is 5.56 Å². The first-order valence-electron chi connectivity index (χ1n) is 7.39. The van der Waals surface area contributed by atoms with Gasteiger partial charge in [0.15, 0.2) is 0 Å². The molecule has 4 heteroatoms. The minimum atomic E-state index is -0.147. The molecule has 0 amide bonds. The molecule has 0 bridgehead atoms. The van der Waals surface area contributed by atoms with Crippen LogP contribution in [0, 0.1) is 20.8 Å². The van der Waals surface area contributed by atoms with Crippen molar-refractivity contribution in [3.05, 3.63) is 69.5 Å². The summed E-state index contributed by atoms with van der Waals surface area (Å²) >= 11 is 0. The molecule has 0 radical (unpaired) electrons. The smallest absolute Gasteiger partial charge is 0.261 e. The third-order valence-corrected chi connectivity index (χ3v) is 4.23. The van der Waals surface area contributed by atoms with Crippen molar-refractivity contribution in [2.45, 2.75) is 33.7 Å². The molecular formula is C18H19N3O. The second-order valence-corrected chi connectivity index (χ2v) is 5.74. The van der Waals surface area contributed by atoms with E-state index in [-0.39, 0.29) is 11.6 Å². The second kappa shape index (κ2) is 5.37. The first-order valence-corrected chi connectivity index (χ1v) is 7.39. The summed E-state index contributed by atoms with van der Waals surface area (Å²) in [4.78, 5) is 21.8. The van der Waals surface area contributed by atoms with E-state index in [1.54, 1.807) is 10.9 Å². The Labute approximate surface area is 129 Å². The number of pyridine rings is 1. The third kappa shape index (κ3) is 2.30. The quantitative estimate of drug-likeness (QED) is 0.728. The summed E-state index contributed by atoms with van der Waals surface area (Å²) in [5.41, 5.74) is 4.77. The molecule has 1 aromatic carbocycles. The number of nitrogens with zero attached hydrogens (tertiary/aromatic N) is 3. The number of aromatic nitrogens is 3. The van der Waals surface area contributed by atoms with Gasteiger partial charge in [-0.15, -0.1) is 0 Å². The van der Waals surface area contributed by atoms with Gasteiger partial charge >= 0.3 is 0 Å². The number of aryl methyl sites for hydroxylation is 3. The second-order valence-electron chi connectivity index (χ2n) is 5.74. The zero-order valence-electron chi connectivity index (χ0n) is 13.3. The molecule has 1 atom stereocenters. The highest BCUT2D eigenvalue weighted by Crippen LogP contribution is 2.19. The standard InChI is InChI=1S/C18H19N3O/c1-11-8-9-15-17(13(11)3)19-10-21(18(15)22)14(4)16-7-5-6-12(2)20-16/h5-10,14H,1-4H3/t14-/m1/s1. The maximum Gasteiger partial charge on any atom is 0.261 e. The molecule has 0 spiro atoms. The highest BCUT2D eigenvalue weighted by atomic mass is 16.1. The molecule has 0 saturated heterocycles. The fourth-order valence-corrected chi connectivity index (χ4v) is 2.67. The fourth-order valence-electron chi connectivity index (χ4n) is 2.67. The Hall–Kier alpha value is -2.49. The maximum atomic E-state index is 12.8. The van der Waals surface area contributed by atoms with Crippen LogP contribution in [0.25, 0.3) is 10.9 Å². The normalized spacial score (nSPS) is 12.5. The molecule has 2 aromatic heterocycles. The summed E-state index contributed by atoms with van der Waals surface area (Å²) in [7, 11) is 0. The van der Waals surface area contributed by atoms with Crippen molar-refractivity contribution in [3.8, 4) is 0 Å². The predicted octanol–water partition coefficient (Wildman–Crippen LogP) is 3.33. The fraction of sp³-hybridized carbons (Fsp3) is 0.278. The van der Waals surface area contributed by atoms with Crippen molar-refractivity contribution in [2.24, 2.45) is 0 Å². The topological polar surface area (TPSA) is 47.8 Å². The Kier molecular flexibility index (Phi) is 3.53. The van der Waals surface area contributed by atoms with E-state index in [1.807, 2.05) is 58.0 Å². The van der Waals surface area contributed by atoms with E-state index in [0.717, 1.165) is 28.0 Å². The number of benzene rings is 1.